The number of carbonyl (C=O) groups excluding carboxylic acids is 1. The zero-order valence-corrected chi connectivity index (χ0v) is 13.3. The molecule has 108 valence electrons. The van der Waals surface area contributed by atoms with E-state index in [0.29, 0.717) is 12.3 Å². The number of carbonyl (C=O) groups is 1. The number of hydrogen-bond donors (Lipinski definition) is 0. The highest BCUT2D eigenvalue weighted by molar-refractivity contribution is 8.13. The standard InChI is InChI=1S/C14H18N2O2S2/c1-3-15(4-2)13(17)19-10-9-16-11-7-5-6-8-12(11)20-14(16)18/h5-8H,3-4,9-10H2,1-2H3. The fraction of sp³-hybridized carbons (Fsp3) is 0.429. The highest BCUT2D eigenvalue weighted by Crippen LogP contribution is 2.17. The van der Waals surface area contributed by atoms with E-state index in [1.807, 2.05) is 38.1 Å². The second-order valence-electron chi connectivity index (χ2n) is 4.27. The summed E-state index contributed by atoms with van der Waals surface area (Å²) in [4.78, 5) is 25.7. The molecule has 1 amide bonds. The average Bonchev–Trinajstić information content (AvgIpc) is 2.76. The Hall–Kier alpha value is -1.27. The third kappa shape index (κ3) is 3.24. The van der Waals surface area contributed by atoms with Crippen LogP contribution >= 0.6 is 23.1 Å². The monoisotopic (exact) mass is 310 g/mol. The molecule has 1 heterocycles. The zero-order chi connectivity index (χ0) is 14.5. The number of hydrogen-bond acceptors (Lipinski definition) is 4. The number of rotatable bonds is 5. The van der Waals surface area contributed by atoms with Crippen LogP contribution in [0.5, 0.6) is 0 Å². The lowest BCUT2D eigenvalue weighted by atomic mass is 10.3. The summed E-state index contributed by atoms with van der Waals surface area (Å²) >= 11 is 2.54. The first-order valence-electron chi connectivity index (χ1n) is 6.67. The van der Waals surface area contributed by atoms with Gasteiger partial charge in [0.2, 0.25) is 0 Å². The van der Waals surface area contributed by atoms with Crippen molar-refractivity contribution in [3.05, 3.63) is 33.9 Å². The number of benzene rings is 1. The minimum atomic E-state index is 0.0436. The molecule has 0 bridgehead atoms. The van der Waals surface area contributed by atoms with Crippen molar-refractivity contribution in [1.29, 1.82) is 0 Å². The van der Waals surface area contributed by atoms with Crippen molar-refractivity contribution in [1.82, 2.24) is 9.47 Å². The summed E-state index contributed by atoms with van der Waals surface area (Å²) in [5.74, 6) is 0.621. The number of fused-ring (bicyclic) bond motifs is 1. The Morgan fingerprint density at radius 2 is 2.00 bits per heavy atom. The van der Waals surface area contributed by atoms with E-state index in [1.54, 1.807) is 9.47 Å². The number of para-hydroxylation sites is 1. The van der Waals surface area contributed by atoms with E-state index >= 15 is 0 Å². The molecule has 0 saturated carbocycles. The van der Waals surface area contributed by atoms with E-state index < -0.39 is 0 Å². The lowest BCUT2D eigenvalue weighted by Crippen LogP contribution is -2.27. The molecule has 1 aromatic heterocycles. The number of amides is 1. The number of thiazole rings is 1. The van der Waals surface area contributed by atoms with Gasteiger partial charge in [-0.25, -0.2) is 0 Å². The van der Waals surface area contributed by atoms with Gasteiger partial charge in [0.25, 0.3) is 5.24 Å². The first-order valence-corrected chi connectivity index (χ1v) is 8.47. The molecule has 0 unspecified atom stereocenters. The van der Waals surface area contributed by atoms with Crippen molar-refractivity contribution in [2.24, 2.45) is 0 Å². The second kappa shape index (κ2) is 6.95. The van der Waals surface area contributed by atoms with Gasteiger partial charge >= 0.3 is 4.87 Å². The molecule has 0 atom stereocenters. The molecule has 0 aliphatic rings. The molecule has 0 aliphatic heterocycles. The maximum atomic E-state index is 11.9. The molecule has 0 radical (unpaired) electrons. The smallest absolute Gasteiger partial charge is 0.308 e. The number of nitrogens with zero attached hydrogens (tertiary/aromatic N) is 2. The maximum absolute atomic E-state index is 11.9. The quantitative estimate of drug-likeness (QED) is 0.851. The summed E-state index contributed by atoms with van der Waals surface area (Å²) in [7, 11) is 0. The lowest BCUT2D eigenvalue weighted by Gasteiger charge is -2.17. The van der Waals surface area contributed by atoms with Gasteiger partial charge in [0, 0.05) is 25.4 Å². The molecule has 0 spiro atoms. The van der Waals surface area contributed by atoms with Gasteiger partial charge in [-0.3, -0.25) is 14.2 Å². The Bertz CT molecular complexity index is 644. The highest BCUT2D eigenvalue weighted by Gasteiger charge is 2.11. The summed E-state index contributed by atoms with van der Waals surface area (Å²) in [6.45, 7) is 5.96. The first-order chi connectivity index (χ1) is 9.67. The normalized spacial score (nSPS) is 10.9. The van der Waals surface area contributed by atoms with Gasteiger partial charge in [-0.05, 0) is 26.0 Å². The first kappa shape index (κ1) is 15.1. The number of aromatic nitrogens is 1. The Morgan fingerprint density at radius 1 is 1.30 bits per heavy atom. The van der Waals surface area contributed by atoms with Crippen LogP contribution < -0.4 is 4.87 Å². The predicted octanol–water partition coefficient (Wildman–Crippen LogP) is 3.26. The van der Waals surface area contributed by atoms with E-state index in [4.69, 9.17) is 0 Å². The van der Waals surface area contributed by atoms with Crippen molar-refractivity contribution in [3.8, 4) is 0 Å². The van der Waals surface area contributed by atoms with Crippen LogP contribution in [0.1, 0.15) is 13.8 Å². The van der Waals surface area contributed by atoms with Gasteiger partial charge in [-0.15, -0.1) is 0 Å². The number of thioether (sulfide) groups is 1. The van der Waals surface area contributed by atoms with Crippen LogP contribution in [0, 0.1) is 0 Å². The molecule has 20 heavy (non-hydrogen) atoms. The Balaban J connectivity index is 2.01. The fourth-order valence-electron chi connectivity index (χ4n) is 2.02. The SMILES string of the molecule is CCN(CC)C(=O)SCCn1c(=O)sc2ccccc21. The van der Waals surface area contributed by atoms with Gasteiger partial charge in [0.1, 0.15) is 0 Å². The van der Waals surface area contributed by atoms with Crippen LogP contribution in [0.4, 0.5) is 4.79 Å². The maximum Gasteiger partial charge on any atom is 0.308 e. The minimum Gasteiger partial charge on any atom is -0.334 e. The van der Waals surface area contributed by atoms with Crippen LogP contribution in [0.25, 0.3) is 10.2 Å². The zero-order valence-electron chi connectivity index (χ0n) is 11.7. The fourth-order valence-corrected chi connectivity index (χ4v) is 3.83. The van der Waals surface area contributed by atoms with Crippen molar-refractivity contribution in [2.45, 2.75) is 20.4 Å². The molecule has 2 aromatic rings. The molecule has 2 rings (SSSR count). The van der Waals surface area contributed by atoms with Crippen molar-refractivity contribution in [3.63, 3.8) is 0 Å². The number of aryl methyl sites for hydroxylation is 1. The molecular formula is C14H18N2O2S2. The topological polar surface area (TPSA) is 42.3 Å². The minimum absolute atomic E-state index is 0.0436. The van der Waals surface area contributed by atoms with Gasteiger partial charge in [-0.2, -0.15) is 0 Å². The van der Waals surface area contributed by atoms with Crippen LogP contribution in [0.2, 0.25) is 0 Å². The van der Waals surface area contributed by atoms with Crippen molar-refractivity contribution in [2.75, 3.05) is 18.8 Å². The van der Waals surface area contributed by atoms with Crippen molar-refractivity contribution >= 4 is 38.6 Å². The second-order valence-corrected chi connectivity index (χ2v) is 6.31. The average molecular weight is 310 g/mol. The van der Waals surface area contributed by atoms with Crippen molar-refractivity contribution < 1.29 is 4.79 Å². The van der Waals surface area contributed by atoms with Gasteiger partial charge < -0.3 is 4.90 Å². The summed E-state index contributed by atoms with van der Waals surface area (Å²) in [6.07, 6.45) is 0. The highest BCUT2D eigenvalue weighted by atomic mass is 32.2. The van der Waals surface area contributed by atoms with E-state index in [9.17, 15) is 9.59 Å². The van der Waals surface area contributed by atoms with Gasteiger partial charge in [0.15, 0.2) is 0 Å². The van der Waals surface area contributed by atoms with Gasteiger partial charge in [0.05, 0.1) is 10.2 Å². The van der Waals surface area contributed by atoms with Crippen LogP contribution in [0.3, 0.4) is 0 Å². The molecule has 0 saturated heterocycles. The Kier molecular flexibility index (Phi) is 5.25. The summed E-state index contributed by atoms with van der Waals surface area (Å²) < 4.78 is 2.75. The molecule has 0 aliphatic carbocycles. The van der Waals surface area contributed by atoms with E-state index in [0.717, 1.165) is 23.3 Å². The molecular weight excluding hydrogens is 292 g/mol. The molecule has 0 fully saturated rings. The predicted molar refractivity (Wildman–Crippen MR) is 86.9 cm³/mol. The van der Waals surface area contributed by atoms with E-state index in [-0.39, 0.29) is 10.1 Å². The molecule has 1 aromatic carbocycles. The van der Waals surface area contributed by atoms with E-state index in [2.05, 4.69) is 0 Å². The molecule has 6 heteroatoms. The lowest BCUT2D eigenvalue weighted by molar-refractivity contribution is 0.228. The summed E-state index contributed by atoms with van der Waals surface area (Å²) in [6, 6.07) is 7.76. The molecule has 4 nitrogen and oxygen atoms in total. The molecule has 0 N–H and O–H groups in total. The third-order valence-electron chi connectivity index (χ3n) is 3.14. The Labute approximate surface area is 126 Å². The summed E-state index contributed by atoms with van der Waals surface area (Å²) in [5.41, 5.74) is 0.957. The largest absolute Gasteiger partial charge is 0.334 e. The van der Waals surface area contributed by atoms with E-state index in [1.165, 1.54) is 23.1 Å². The van der Waals surface area contributed by atoms with Crippen LogP contribution in [-0.4, -0.2) is 33.5 Å². The van der Waals surface area contributed by atoms with Crippen LogP contribution in [0.15, 0.2) is 29.1 Å². The summed E-state index contributed by atoms with van der Waals surface area (Å²) in [5, 5.41) is 0.0857. The van der Waals surface area contributed by atoms with Gasteiger partial charge in [-0.1, -0.05) is 35.2 Å². The van der Waals surface area contributed by atoms with Crippen LogP contribution in [-0.2, 0) is 6.54 Å². The third-order valence-corrected chi connectivity index (χ3v) is 4.99. The Morgan fingerprint density at radius 3 is 2.70 bits per heavy atom.